The molecule has 3 N–H and O–H groups in total. The minimum atomic E-state index is -0.531. The van der Waals surface area contributed by atoms with Gasteiger partial charge in [-0.05, 0) is 32.8 Å². The van der Waals surface area contributed by atoms with E-state index in [2.05, 4.69) is 27.9 Å². The number of aliphatic imine (C=N–C) groups is 1. The van der Waals surface area contributed by atoms with E-state index in [-0.39, 0.29) is 30.0 Å². The Hall–Kier alpha value is -1.51. The maximum absolute atomic E-state index is 12.2. The topological polar surface area (TPSA) is 74.8 Å². The van der Waals surface area contributed by atoms with E-state index in [9.17, 15) is 4.79 Å². The van der Waals surface area contributed by atoms with Gasteiger partial charge in [0.25, 0.3) is 0 Å². The number of amides is 1. The van der Waals surface area contributed by atoms with Crippen molar-refractivity contribution < 1.29 is 9.53 Å². The second-order valence-electron chi connectivity index (χ2n) is 6.84. The third-order valence-electron chi connectivity index (χ3n) is 3.41. The lowest BCUT2D eigenvalue weighted by atomic mass is 10.1. The number of carbonyl (C=O) groups excluding carboxylic acids is 1. The van der Waals surface area contributed by atoms with E-state index < -0.39 is 11.7 Å². The summed E-state index contributed by atoms with van der Waals surface area (Å²) in [5.74, 6) is 0.723. The zero-order chi connectivity index (χ0) is 18.7. The summed E-state index contributed by atoms with van der Waals surface area (Å²) in [6.45, 7) is 9.07. The lowest BCUT2D eigenvalue weighted by molar-refractivity contribution is 0.0504. The average Bonchev–Trinajstić information content (AvgIpc) is 2.56. The van der Waals surface area contributed by atoms with Crippen molar-refractivity contribution in [2.24, 2.45) is 4.99 Å². The molecular formula is C19H33IN4O2. The van der Waals surface area contributed by atoms with Crippen LogP contribution in [0.5, 0.6) is 0 Å². The standard InChI is InChI=1S/C19H32N4O2.HI/c1-6-7-13-21-17(20-5)22-14-16(15-11-9-8-10-12-15)23-18(24)25-19(2,3)4;/h8-12,16H,6-7,13-14H2,1-5H3,(H,23,24)(H2,20,21,22);1H. The molecule has 1 rings (SSSR count). The second kappa shape index (κ2) is 12.8. The van der Waals surface area contributed by atoms with Gasteiger partial charge in [-0.25, -0.2) is 4.79 Å². The van der Waals surface area contributed by atoms with Crippen molar-refractivity contribution in [1.82, 2.24) is 16.0 Å². The van der Waals surface area contributed by atoms with Crippen LogP contribution in [-0.2, 0) is 4.74 Å². The fourth-order valence-corrected chi connectivity index (χ4v) is 2.19. The molecule has 0 saturated heterocycles. The highest BCUT2D eigenvalue weighted by Gasteiger charge is 2.20. The van der Waals surface area contributed by atoms with Crippen LogP contribution in [0.4, 0.5) is 4.79 Å². The minimum Gasteiger partial charge on any atom is -0.444 e. The average molecular weight is 476 g/mol. The third kappa shape index (κ3) is 10.5. The Morgan fingerprint density at radius 3 is 2.38 bits per heavy atom. The molecule has 1 aromatic carbocycles. The Bertz CT molecular complexity index is 544. The summed E-state index contributed by atoms with van der Waals surface area (Å²) < 4.78 is 5.38. The number of ether oxygens (including phenoxy) is 1. The smallest absolute Gasteiger partial charge is 0.408 e. The molecule has 1 amide bonds. The number of halogens is 1. The second-order valence-corrected chi connectivity index (χ2v) is 6.84. The van der Waals surface area contributed by atoms with E-state index in [0.717, 1.165) is 30.9 Å². The first-order chi connectivity index (χ1) is 11.9. The molecule has 0 radical (unpaired) electrons. The van der Waals surface area contributed by atoms with Crippen LogP contribution in [0.2, 0.25) is 0 Å². The number of benzene rings is 1. The Morgan fingerprint density at radius 1 is 1.19 bits per heavy atom. The van der Waals surface area contributed by atoms with Gasteiger partial charge in [-0.1, -0.05) is 43.7 Å². The van der Waals surface area contributed by atoms with Crippen LogP contribution >= 0.6 is 24.0 Å². The van der Waals surface area contributed by atoms with Gasteiger partial charge in [-0.15, -0.1) is 24.0 Å². The van der Waals surface area contributed by atoms with Crippen LogP contribution in [0.25, 0.3) is 0 Å². The summed E-state index contributed by atoms with van der Waals surface area (Å²) in [7, 11) is 1.74. The van der Waals surface area contributed by atoms with Crippen molar-refractivity contribution >= 4 is 36.0 Å². The molecule has 0 aliphatic rings. The van der Waals surface area contributed by atoms with Crippen molar-refractivity contribution in [1.29, 1.82) is 0 Å². The van der Waals surface area contributed by atoms with Gasteiger partial charge in [-0.3, -0.25) is 4.99 Å². The first-order valence-electron chi connectivity index (χ1n) is 8.84. The van der Waals surface area contributed by atoms with Gasteiger partial charge in [0.15, 0.2) is 5.96 Å². The molecule has 0 aromatic heterocycles. The molecule has 26 heavy (non-hydrogen) atoms. The predicted molar refractivity (Wildman–Crippen MR) is 118 cm³/mol. The number of unbranched alkanes of at least 4 members (excludes halogenated alkanes) is 1. The molecule has 0 spiro atoms. The molecule has 0 aliphatic carbocycles. The highest BCUT2D eigenvalue weighted by Crippen LogP contribution is 2.14. The molecule has 148 valence electrons. The zero-order valence-corrected chi connectivity index (χ0v) is 18.8. The van der Waals surface area contributed by atoms with E-state index in [0.29, 0.717) is 6.54 Å². The highest BCUT2D eigenvalue weighted by atomic mass is 127. The molecule has 1 aromatic rings. The summed E-state index contributed by atoms with van der Waals surface area (Å²) in [6, 6.07) is 9.60. The maximum atomic E-state index is 12.2. The fraction of sp³-hybridized carbons (Fsp3) is 0.579. The summed E-state index contributed by atoms with van der Waals surface area (Å²) >= 11 is 0. The molecule has 1 atom stereocenters. The van der Waals surface area contributed by atoms with E-state index in [1.807, 2.05) is 51.1 Å². The summed E-state index contributed by atoms with van der Waals surface area (Å²) in [4.78, 5) is 16.4. The van der Waals surface area contributed by atoms with Crippen LogP contribution in [0.3, 0.4) is 0 Å². The molecule has 0 bridgehead atoms. The van der Waals surface area contributed by atoms with Crippen LogP contribution in [0, 0.1) is 0 Å². The molecule has 0 heterocycles. The van der Waals surface area contributed by atoms with Crippen molar-refractivity contribution in [2.75, 3.05) is 20.1 Å². The quantitative estimate of drug-likeness (QED) is 0.242. The van der Waals surface area contributed by atoms with Crippen LogP contribution in [-0.4, -0.2) is 37.8 Å². The van der Waals surface area contributed by atoms with Crippen molar-refractivity contribution in [3.8, 4) is 0 Å². The van der Waals surface area contributed by atoms with Gasteiger partial charge in [0.1, 0.15) is 5.60 Å². The Labute approximate surface area is 174 Å². The molecule has 7 heteroatoms. The van der Waals surface area contributed by atoms with Gasteiger partial charge < -0.3 is 20.7 Å². The monoisotopic (exact) mass is 476 g/mol. The number of hydrogen-bond acceptors (Lipinski definition) is 3. The maximum Gasteiger partial charge on any atom is 0.408 e. The van der Waals surface area contributed by atoms with Crippen molar-refractivity contribution in [3.05, 3.63) is 35.9 Å². The largest absolute Gasteiger partial charge is 0.444 e. The molecule has 0 fully saturated rings. The fourth-order valence-electron chi connectivity index (χ4n) is 2.19. The summed E-state index contributed by atoms with van der Waals surface area (Å²) in [5, 5.41) is 9.46. The number of guanidine groups is 1. The number of rotatable bonds is 7. The van der Waals surface area contributed by atoms with E-state index in [1.165, 1.54) is 0 Å². The normalized spacial score (nSPS) is 12.6. The molecular weight excluding hydrogens is 443 g/mol. The van der Waals surface area contributed by atoms with Gasteiger partial charge in [0.05, 0.1) is 6.04 Å². The summed E-state index contributed by atoms with van der Waals surface area (Å²) in [6.07, 6.45) is 1.77. The first kappa shape index (κ1) is 24.5. The molecule has 0 saturated carbocycles. The summed E-state index contributed by atoms with van der Waals surface area (Å²) in [5.41, 5.74) is 0.473. The Morgan fingerprint density at radius 2 is 1.85 bits per heavy atom. The highest BCUT2D eigenvalue weighted by molar-refractivity contribution is 14.0. The molecule has 0 aliphatic heterocycles. The number of nitrogens with one attached hydrogen (secondary N) is 3. The first-order valence-corrected chi connectivity index (χ1v) is 8.84. The Balaban J connectivity index is 0.00000625. The van der Waals surface area contributed by atoms with Crippen molar-refractivity contribution in [3.63, 3.8) is 0 Å². The van der Waals surface area contributed by atoms with Gasteiger partial charge in [0.2, 0.25) is 0 Å². The van der Waals surface area contributed by atoms with Crippen LogP contribution < -0.4 is 16.0 Å². The van der Waals surface area contributed by atoms with Crippen molar-refractivity contribution in [2.45, 2.75) is 52.2 Å². The van der Waals surface area contributed by atoms with Gasteiger partial charge in [0, 0.05) is 20.1 Å². The van der Waals surface area contributed by atoms with Gasteiger partial charge >= 0.3 is 6.09 Å². The van der Waals surface area contributed by atoms with Crippen LogP contribution in [0.15, 0.2) is 35.3 Å². The van der Waals surface area contributed by atoms with E-state index in [4.69, 9.17) is 4.74 Å². The third-order valence-corrected chi connectivity index (χ3v) is 3.41. The molecule has 1 unspecified atom stereocenters. The number of nitrogens with zero attached hydrogens (tertiary/aromatic N) is 1. The van der Waals surface area contributed by atoms with E-state index >= 15 is 0 Å². The SMILES string of the molecule is CCCCNC(=NC)NCC(NC(=O)OC(C)(C)C)c1ccccc1.I. The van der Waals surface area contributed by atoms with Crippen LogP contribution in [0.1, 0.15) is 52.1 Å². The number of carbonyl (C=O) groups is 1. The Kier molecular flexibility index (Phi) is 12.0. The number of alkyl carbamates (subject to hydrolysis) is 1. The zero-order valence-electron chi connectivity index (χ0n) is 16.5. The predicted octanol–water partition coefficient (Wildman–Crippen LogP) is 3.84. The minimum absolute atomic E-state index is 0. The lowest BCUT2D eigenvalue weighted by Crippen LogP contribution is -2.44. The van der Waals surface area contributed by atoms with Gasteiger partial charge in [-0.2, -0.15) is 0 Å². The number of hydrogen-bond donors (Lipinski definition) is 3. The lowest BCUT2D eigenvalue weighted by Gasteiger charge is -2.24. The van der Waals surface area contributed by atoms with E-state index in [1.54, 1.807) is 7.05 Å². The molecule has 6 nitrogen and oxygen atoms in total.